The zero-order valence-electron chi connectivity index (χ0n) is 18.5. The second-order valence-corrected chi connectivity index (χ2v) is 8.36. The van der Waals surface area contributed by atoms with E-state index in [4.69, 9.17) is 4.74 Å². The van der Waals surface area contributed by atoms with Crippen LogP contribution in [0.1, 0.15) is 42.9 Å². The van der Waals surface area contributed by atoms with Crippen molar-refractivity contribution >= 4 is 5.91 Å². The number of rotatable bonds is 10. The standard InChI is InChI=1S/C26H36N2O2/c1-3-30-25-12-10-22(11-13-25)8-9-23-15-18-28(19-16-23)20-26(29)27-17-14-24-7-5-4-6-21(24)2/h4-7,10-13,23H,3,8-9,14-20H2,1-2H3,(H,27,29). The highest BCUT2D eigenvalue weighted by atomic mass is 16.5. The van der Waals surface area contributed by atoms with Crippen LogP contribution in [0.3, 0.4) is 0 Å². The average molecular weight is 409 g/mol. The molecule has 2 aromatic rings. The summed E-state index contributed by atoms with van der Waals surface area (Å²) < 4.78 is 5.51. The number of ether oxygens (including phenoxy) is 1. The maximum atomic E-state index is 12.3. The maximum Gasteiger partial charge on any atom is 0.234 e. The number of carbonyl (C=O) groups is 1. The van der Waals surface area contributed by atoms with Crippen LogP contribution in [0.4, 0.5) is 0 Å². The number of nitrogens with one attached hydrogen (secondary N) is 1. The van der Waals surface area contributed by atoms with E-state index in [0.29, 0.717) is 19.7 Å². The zero-order valence-corrected chi connectivity index (χ0v) is 18.5. The van der Waals surface area contributed by atoms with Gasteiger partial charge in [-0.1, -0.05) is 36.4 Å². The van der Waals surface area contributed by atoms with E-state index in [1.165, 1.54) is 36.0 Å². The van der Waals surface area contributed by atoms with Gasteiger partial charge in [0.25, 0.3) is 0 Å². The molecule has 0 unspecified atom stereocenters. The summed E-state index contributed by atoms with van der Waals surface area (Å²) in [7, 11) is 0. The smallest absolute Gasteiger partial charge is 0.234 e. The number of carbonyl (C=O) groups excluding carboxylic acids is 1. The van der Waals surface area contributed by atoms with Crippen LogP contribution in [0.25, 0.3) is 0 Å². The van der Waals surface area contributed by atoms with Crippen molar-refractivity contribution in [1.29, 1.82) is 0 Å². The summed E-state index contributed by atoms with van der Waals surface area (Å²) in [6.45, 7) is 8.13. The molecule has 1 saturated heterocycles. The first-order chi connectivity index (χ1) is 14.6. The van der Waals surface area contributed by atoms with Crippen LogP contribution in [0, 0.1) is 12.8 Å². The van der Waals surface area contributed by atoms with E-state index in [-0.39, 0.29) is 5.91 Å². The van der Waals surface area contributed by atoms with Crippen molar-refractivity contribution in [2.75, 3.05) is 32.8 Å². The Hall–Kier alpha value is -2.33. The number of aryl methyl sites for hydroxylation is 2. The summed E-state index contributed by atoms with van der Waals surface area (Å²) >= 11 is 0. The van der Waals surface area contributed by atoms with E-state index >= 15 is 0 Å². The summed E-state index contributed by atoms with van der Waals surface area (Å²) in [5, 5.41) is 3.09. The molecule has 3 rings (SSSR count). The van der Waals surface area contributed by atoms with Gasteiger partial charge in [0, 0.05) is 6.54 Å². The molecule has 1 heterocycles. The Morgan fingerprint density at radius 3 is 2.50 bits per heavy atom. The zero-order chi connectivity index (χ0) is 21.2. The molecule has 0 aromatic heterocycles. The molecule has 0 bridgehead atoms. The van der Waals surface area contributed by atoms with Gasteiger partial charge in [0.15, 0.2) is 0 Å². The maximum absolute atomic E-state index is 12.3. The van der Waals surface area contributed by atoms with Crippen molar-refractivity contribution in [3.63, 3.8) is 0 Å². The molecule has 0 saturated carbocycles. The molecular formula is C26H36N2O2. The Labute approximate surface area is 181 Å². The van der Waals surface area contributed by atoms with E-state index in [2.05, 4.69) is 65.7 Å². The first-order valence-corrected chi connectivity index (χ1v) is 11.4. The Balaban J connectivity index is 1.30. The molecular weight excluding hydrogens is 372 g/mol. The quantitative estimate of drug-likeness (QED) is 0.634. The Morgan fingerprint density at radius 2 is 1.80 bits per heavy atom. The lowest BCUT2D eigenvalue weighted by Gasteiger charge is -2.31. The molecule has 0 atom stereocenters. The number of benzene rings is 2. The highest BCUT2D eigenvalue weighted by Crippen LogP contribution is 2.23. The molecule has 1 fully saturated rings. The predicted octanol–water partition coefficient (Wildman–Crippen LogP) is 4.40. The fraction of sp³-hybridized carbons (Fsp3) is 0.500. The fourth-order valence-electron chi connectivity index (χ4n) is 4.21. The first kappa shape index (κ1) is 22.4. The van der Waals surface area contributed by atoms with E-state index in [1.807, 2.05) is 6.92 Å². The molecule has 1 amide bonds. The Morgan fingerprint density at radius 1 is 1.07 bits per heavy atom. The van der Waals surface area contributed by atoms with E-state index in [1.54, 1.807) is 0 Å². The SMILES string of the molecule is CCOc1ccc(CCC2CCN(CC(=O)NCCc3ccccc3C)CC2)cc1. The van der Waals surface area contributed by atoms with Crippen LogP contribution in [0.2, 0.25) is 0 Å². The van der Waals surface area contributed by atoms with E-state index in [0.717, 1.165) is 37.6 Å². The third-order valence-corrected chi connectivity index (χ3v) is 6.13. The molecule has 0 spiro atoms. The van der Waals surface area contributed by atoms with Crippen LogP contribution >= 0.6 is 0 Å². The number of amides is 1. The lowest BCUT2D eigenvalue weighted by molar-refractivity contribution is -0.122. The average Bonchev–Trinajstić information content (AvgIpc) is 2.76. The normalized spacial score (nSPS) is 15.1. The van der Waals surface area contributed by atoms with Crippen molar-refractivity contribution in [3.8, 4) is 5.75 Å². The van der Waals surface area contributed by atoms with Crippen LogP contribution in [0.5, 0.6) is 5.75 Å². The summed E-state index contributed by atoms with van der Waals surface area (Å²) in [6, 6.07) is 16.9. The van der Waals surface area contributed by atoms with Gasteiger partial charge in [-0.25, -0.2) is 0 Å². The minimum atomic E-state index is 0.149. The number of hydrogen-bond donors (Lipinski definition) is 1. The molecule has 4 heteroatoms. The second kappa shape index (κ2) is 11.8. The van der Waals surface area contributed by atoms with Gasteiger partial charge in [0.1, 0.15) is 5.75 Å². The summed E-state index contributed by atoms with van der Waals surface area (Å²) in [6.07, 6.45) is 5.62. The molecule has 1 aliphatic heterocycles. The Kier molecular flexibility index (Phi) is 8.76. The van der Waals surface area contributed by atoms with Gasteiger partial charge in [-0.15, -0.1) is 0 Å². The van der Waals surface area contributed by atoms with Crippen molar-refractivity contribution in [2.45, 2.75) is 46.0 Å². The number of hydrogen-bond acceptors (Lipinski definition) is 3. The largest absolute Gasteiger partial charge is 0.494 e. The van der Waals surface area contributed by atoms with Crippen LogP contribution in [-0.2, 0) is 17.6 Å². The molecule has 1 aliphatic rings. The minimum Gasteiger partial charge on any atom is -0.494 e. The van der Waals surface area contributed by atoms with Gasteiger partial charge in [0.05, 0.1) is 13.2 Å². The minimum absolute atomic E-state index is 0.149. The predicted molar refractivity (Wildman–Crippen MR) is 123 cm³/mol. The number of nitrogens with zero attached hydrogens (tertiary/aromatic N) is 1. The van der Waals surface area contributed by atoms with Gasteiger partial charge in [-0.05, 0) is 93.8 Å². The number of piperidine rings is 1. The van der Waals surface area contributed by atoms with E-state index in [9.17, 15) is 4.79 Å². The molecule has 1 N–H and O–H groups in total. The molecule has 162 valence electrons. The molecule has 4 nitrogen and oxygen atoms in total. The highest BCUT2D eigenvalue weighted by molar-refractivity contribution is 5.78. The molecule has 2 aromatic carbocycles. The third-order valence-electron chi connectivity index (χ3n) is 6.13. The Bertz CT molecular complexity index is 780. The van der Waals surface area contributed by atoms with Crippen LogP contribution in [-0.4, -0.2) is 43.6 Å². The van der Waals surface area contributed by atoms with Gasteiger partial charge < -0.3 is 10.1 Å². The van der Waals surface area contributed by atoms with Crippen molar-refractivity contribution in [2.24, 2.45) is 5.92 Å². The second-order valence-electron chi connectivity index (χ2n) is 8.36. The van der Waals surface area contributed by atoms with Crippen LogP contribution < -0.4 is 10.1 Å². The summed E-state index contributed by atoms with van der Waals surface area (Å²) in [5.74, 6) is 1.86. The monoisotopic (exact) mass is 408 g/mol. The lowest BCUT2D eigenvalue weighted by Crippen LogP contribution is -2.42. The van der Waals surface area contributed by atoms with Gasteiger partial charge in [-0.2, -0.15) is 0 Å². The lowest BCUT2D eigenvalue weighted by atomic mass is 9.90. The van der Waals surface area contributed by atoms with Gasteiger partial charge >= 0.3 is 0 Å². The fourth-order valence-corrected chi connectivity index (χ4v) is 4.21. The molecule has 30 heavy (non-hydrogen) atoms. The van der Waals surface area contributed by atoms with E-state index < -0.39 is 0 Å². The van der Waals surface area contributed by atoms with Crippen LogP contribution in [0.15, 0.2) is 48.5 Å². The topological polar surface area (TPSA) is 41.6 Å². The summed E-state index contributed by atoms with van der Waals surface area (Å²) in [4.78, 5) is 14.6. The first-order valence-electron chi connectivity index (χ1n) is 11.4. The summed E-state index contributed by atoms with van der Waals surface area (Å²) in [5.41, 5.74) is 3.99. The highest BCUT2D eigenvalue weighted by Gasteiger charge is 2.20. The molecule has 0 aliphatic carbocycles. The van der Waals surface area contributed by atoms with Crippen molar-refractivity contribution in [1.82, 2.24) is 10.2 Å². The number of likely N-dealkylation sites (tertiary alicyclic amines) is 1. The van der Waals surface area contributed by atoms with Crippen molar-refractivity contribution < 1.29 is 9.53 Å². The molecule has 0 radical (unpaired) electrons. The van der Waals surface area contributed by atoms with Gasteiger partial charge in [-0.3, -0.25) is 9.69 Å². The van der Waals surface area contributed by atoms with Gasteiger partial charge in [0.2, 0.25) is 5.91 Å². The third kappa shape index (κ3) is 7.17. The van der Waals surface area contributed by atoms with Crippen molar-refractivity contribution in [3.05, 3.63) is 65.2 Å².